The van der Waals surface area contributed by atoms with Gasteiger partial charge in [0, 0.05) is 23.0 Å². The Morgan fingerprint density at radius 3 is 2.59 bits per heavy atom. The van der Waals surface area contributed by atoms with Crippen LogP contribution in [0.25, 0.3) is 11.4 Å². The highest BCUT2D eigenvalue weighted by atomic mass is 35.5. The monoisotopic (exact) mass is 247 g/mol. The summed E-state index contributed by atoms with van der Waals surface area (Å²) in [4.78, 5) is 7.97. The van der Waals surface area contributed by atoms with Gasteiger partial charge in [-0.1, -0.05) is 11.6 Å². The van der Waals surface area contributed by atoms with E-state index >= 15 is 0 Å². The normalized spacial score (nSPS) is 15.2. The second-order valence-corrected chi connectivity index (χ2v) is 4.87. The number of H-pyrrole nitrogens is 1. The lowest BCUT2D eigenvalue weighted by Gasteiger charge is -1.96. The Bertz CT molecular complexity index is 526. The third-order valence-electron chi connectivity index (χ3n) is 3.10. The van der Waals surface area contributed by atoms with Gasteiger partial charge in [-0.05, 0) is 37.1 Å². The van der Waals surface area contributed by atoms with Gasteiger partial charge in [0.05, 0.1) is 11.4 Å². The maximum atomic E-state index is 5.87. The van der Waals surface area contributed by atoms with Gasteiger partial charge in [-0.3, -0.25) is 0 Å². The molecule has 1 heterocycles. The quantitative estimate of drug-likeness (QED) is 0.876. The van der Waals surface area contributed by atoms with Gasteiger partial charge in [0.25, 0.3) is 0 Å². The van der Waals surface area contributed by atoms with Crippen molar-refractivity contribution in [1.29, 1.82) is 0 Å². The summed E-state index contributed by atoms with van der Waals surface area (Å²) in [6, 6.07) is 7.69. The molecule has 3 N–H and O–H groups in total. The van der Waals surface area contributed by atoms with E-state index in [-0.39, 0.29) is 0 Å². The number of halogens is 1. The molecule has 0 radical (unpaired) electrons. The average Bonchev–Trinajstić information content (AvgIpc) is 3.10. The lowest BCUT2D eigenvalue weighted by atomic mass is 10.2. The molecule has 4 heteroatoms. The number of nitrogens with one attached hydrogen (secondary N) is 1. The van der Waals surface area contributed by atoms with Gasteiger partial charge < -0.3 is 10.7 Å². The first-order chi connectivity index (χ1) is 8.28. The summed E-state index contributed by atoms with van der Waals surface area (Å²) >= 11 is 5.87. The van der Waals surface area contributed by atoms with Crippen molar-refractivity contribution in [1.82, 2.24) is 9.97 Å². The Kier molecular flexibility index (Phi) is 2.65. The highest BCUT2D eigenvalue weighted by Crippen LogP contribution is 2.41. The van der Waals surface area contributed by atoms with Gasteiger partial charge in [0.1, 0.15) is 5.82 Å². The van der Waals surface area contributed by atoms with Crippen molar-refractivity contribution in [3.8, 4) is 11.4 Å². The van der Waals surface area contributed by atoms with Gasteiger partial charge >= 0.3 is 0 Å². The van der Waals surface area contributed by atoms with Crippen molar-refractivity contribution < 1.29 is 0 Å². The van der Waals surface area contributed by atoms with Crippen LogP contribution in [-0.4, -0.2) is 9.97 Å². The number of aromatic amines is 1. The molecule has 1 aromatic carbocycles. The number of imidazole rings is 1. The molecule has 1 aliphatic rings. The van der Waals surface area contributed by atoms with Gasteiger partial charge in [-0.2, -0.15) is 0 Å². The first-order valence-electron chi connectivity index (χ1n) is 5.82. The Morgan fingerprint density at radius 2 is 2.00 bits per heavy atom. The van der Waals surface area contributed by atoms with Crippen molar-refractivity contribution in [2.24, 2.45) is 5.73 Å². The predicted octanol–water partition coefficient (Wildman–Crippen LogP) is 3.07. The van der Waals surface area contributed by atoms with E-state index in [1.54, 1.807) is 0 Å². The maximum absolute atomic E-state index is 5.87. The van der Waals surface area contributed by atoms with E-state index in [9.17, 15) is 0 Å². The molecular weight excluding hydrogens is 234 g/mol. The van der Waals surface area contributed by atoms with E-state index in [0.717, 1.165) is 27.8 Å². The molecule has 1 aliphatic carbocycles. The molecule has 1 fully saturated rings. The molecule has 3 nitrogen and oxygen atoms in total. The Morgan fingerprint density at radius 1 is 1.29 bits per heavy atom. The van der Waals surface area contributed by atoms with Crippen LogP contribution in [-0.2, 0) is 6.54 Å². The molecule has 0 atom stereocenters. The molecule has 0 aliphatic heterocycles. The van der Waals surface area contributed by atoms with Crippen LogP contribution < -0.4 is 5.73 Å². The van der Waals surface area contributed by atoms with Crippen LogP contribution in [0.15, 0.2) is 24.3 Å². The van der Waals surface area contributed by atoms with Crippen molar-refractivity contribution in [3.63, 3.8) is 0 Å². The SMILES string of the molecule is NCc1[nH]c(-c2ccc(Cl)cc2)nc1C1CC1. The van der Waals surface area contributed by atoms with Crippen LogP contribution >= 0.6 is 11.6 Å². The molecule has 3 rings (SSSR count). The zero-order valence-corrected chi connectivity index (χ0v) is 10.2. The molecule has 88 valence electrons. The topological polar surface area (TPSA) is 54.7 Å². The molecular formula is C13H14ClN3. The zero-order valence-electron chi connectivity index (χ0n) is 9.41. The van der Waals surface area contributed by atoms with Crippen LogP contribution in [0.5, 0.6) is 0 Å². The van der Waals surface area contributed by atoms with Gasteiger partial charge in [0.15, 0.2) is 0 Å². The lowest BCUT2D eigenvalue weighted by Crippen LogP contribution is -1.99. The van der Waals surface area contributed by atoms with E-state index in [1.807, 2.05) is 24.3 Å². The number of hydrogen-bond donors (Lipinski definition) is 2. The zero-order chi connectivity index (χ0) is 11.8. The van der Waals surface area contributed by atoms with E-state index in [1.165, 1.54) is 12.8 Å². The lowest BCUT2D eigenvalue weighted by molar-refractivity contribution is 0.944. The molecule has 0 saturated heterocycles. The van der Waals surface area contributed by atoms with Crippen LogP contribution in [0, 0.1) is 0 Å². The molecule has 1 saturated carbocycles. The van der Waals surface area contributed by atoms with Crippen molar-refractivity contribution in [2.75, 3.05) is 0 Å². The van der Waals surface area contributed by atoms with E-state index in [2.05, 4.69) is 9.97 Å². The Labute approximate surface area is 105 Å². The average molecular weight is 248 g/mol. The molecule has 0 spiro atoms. The minimum atomic E-state index is 0.520. The summed E-state index contributed by atoms with van der Waals surface area (Å²) in [5.74, 6) is 1.51. The number of rotatable bonds is 3. The molecule has 17 heavy (non-hydrogen) atoms. The number of aromatic nitrogens is 2. The second kappa shape index (κ2) is 4.17. The fourth-order valence-corrected chi connectivity index (χ4v) is 2.14. The highest BCUT2D eigenvalue weighted by Gasteiger charge is 2.29. The van der Waals surface area contributed by atoms with Crippen LogP contribution in [0.4, 0.5) is 0 Å². The minimum Gasteiger partial charge on any atom is -0.341 e. The van der Waals surface area contributed by atoms with Gasteiger partial charge in [0.2, 0.25) is 0 Å². The van der Waals surface area contributed by atoms with Crippen LogP contribution in [0.3, 0.4) is 0 Å². The van der Waals surface area contributed by atoms with Crippen LogP contribution in [0.1, 0.15) is 30.1 Å². The largest absolute Gasteiger partial charge is 0.341 e. The summed E-state index contributed by atoms with van der Waals surface area (Å²) in [7, 11) is 0. The minimum absolute atomic E-state index is 0.520. The molecule has 2 aromatic rings. The van der Waals surface area contributed by atoms with Gasteiger partial charge in [-0.15, -0.1) is 0 Å². The fourth-order valence-electron chi connectivity index (χ4n) is 2.02. The first kappa shape index (κ1) is 10.8. The predicted molar refractivity (Wildman–Crippen MR) is 68.9 cm³/mol. The smallest absolute Gasteiger partial charge is 0.137 e. The third-order valence-corrected chi connectivity index (χ3v) is 3.35. The number of nitrogens with two attached hydrogens (primary N) is 1. The van der Waals surface area contributed by atoms with Crippen molar-refractivity contribution in [2.45, 2.75) is 25.3 Å². The first-order valence-corrected chi connectivity index (χ1v) is 6.20. The third kappa shape index (κ3) is 2.08. The number of hydrogen-bond acceptors (Lipinski definition) is 2. The molecule has 0 unspecified atom stereocenters. The van der Waals surface area contributed by atoms with Crippen molar-refractivity contribution in [3.05, 3.63) is 40.7 Å². The molecule has 1 aromatic heterocycles. The van der Waals surface area contributed by atoms with E-state index < -0.39 is 0 Å². The highest BCUT2D eigenvalue weighted by molar-refractivity contribution is 6.30. The van der Waals surface area contributed by atoms with E-state index in [4.69, 9.17) is 17.3 Å². The number of benzene rings is 1. The second-order valence-electron chi connectivity index (χ2n) is 4.43. The fraction of sp³-hybridized carbons (Fsp3) is 0.308. The Hall–Kier alpha value is -1.32. The molecule has 0 bridgehead atoms. The van der Waals surface area contributed by atoms with Crippen molar-refractivity contribution >= 4 is 11.6 Å². The van der Waals surface area contributed by atoms with Gasteiger partial charge in [-0.25, -0.2) is 4.98 Å². The van der Waals surface area contributed by atoms with Crippen LogP contribution in [0.2, 0.25) is 5.02 Å². The summed E-state index contributed by atoms with van der Waals surface area (Å²) in [6.07, 6.45) is 2.47. The summed E-state index contributed by atoms with van der Waals surface area (Å²) in [5, 5.41) is 0.738. The summed E-state index contributed by atoms with van der Waals surface area (Å²) in [5.41, 5.74) is 9.01. The van der Waals surface area contributed by atoms with E-state index in [0.29, 0.717) is 12.5 Å². The Balaban J connectivity index is 2.00. The summed E-state index contributed by atoms with van der Waals surface area (Å²) in [6.45, 7) is 0.520. The maximum Gasteiger partial charge on any atom is 0.137 e. The summed E-state index contributed by atoms with van der Waals surface area (Å²) < 4.78 is 0. The standard InChI is InChI=1S/C13H14ClN3/c14-10-5-3-9(4-6-10)13-16-11(7-15)12(17-13)8-1-2-8/h3-6,8H,1-2,7,15H2,(H,16,17). The number of nitrogens with zero attached hydrogens (tertiary/aromatic N) is 1. The molecule has 0 amide bonds.